The number of ether oxygens (including phenoxy) is 1. The van der Waals surface area contributed by atoms with Crippen LogP contribution in [0.4, 0.5) is 5.82 Å². The molecule has 0 amide bonds. The number of hydrogen-bond acceptors (Lipinski definition) is 5. The normalized spacial score (nSPS) is 18.1. The van der Waals surface area contributed by atoms with Gasteiger partial charge in [0.2, 0.25) is 0 Å². The van der Waals surface area contributed by atoms with Crippen LogP contribution in [-0.4, -0.2) is 39.8 Å². The highest BCUT2D eigenvalue weighted by Gasteiger charge is 2.16. The molecule has 0 aromatic carbocycles. The molecule has 3 rings (SSSR count). The largest absolute Gasteiger partial charge is 0.395 e. The zero-order chi connectivity index (χ0) is 20.8. The highest BCUT2D eigenvalue weighted by molar-refractivity contribution is 6.04. The van der Waals surface area contributed by atoms with Gasteiger partial charge in [-0.05, 0) is 62.3 Å². The van der Waals surface area contributed by atoms with E-state index in [0.717, 1.165) is 36.8 Å². The first-order valence-electron chi connectivity index (χ1n) is 9.90. The molecule has 3 heterocycles. The average molecular weight is 396 g/mol. The second-order valence-electron chi connectivity index (χ2n) is 7.16. The number of aryl methyl sites for hydroxylation is 1. The number of aliphatic hydroxyl groups is 1. The van der Waals surface area contributed by atoms with E-state index in [1.165, 1.54) is 10.8 Å². The van der Waals surface area contributed by atoms with Gasteiger partial charge in [0.05, 0.1) is 23.8 Å². The first-order valence-corrected chi connectivity index (χ1v) is 9.90. The molecule has 0 bridgehead atoms. The van der Waals surface area contributed by atoms with Crippen molar-refractivity contribution < 1.29 is 9.84 Å². The Balaban J connectivity index is 1.90. The molecule has 0 saturated carbocycles. The zero-order valence-corrected chi connectivity index (χ0v) is 17.0. The maximum Gasteiger partial charge on any atom is 0.260 e. The van der Waals surface area contributed by atoms with Gasteiger partial charge in [-0.3, -0.25) is 4.79 Å². The van der Waals surface area contributed by atoms with Crippen molar-refractivity contribution in [2.24, 2.45) is 4.99 Å². The fourth-order valence-corrected chi connectivity index (χ4v) is 3.58. The van der Waals surface area contributed by atoms with Crippen molar-refractivity contribution in [1.29, 1.82) is 0 Å². The molecule has 1 aliphatic rings. The molecule has 2 aromatic heterocycles. The number of rotatable bonds is 6. The summed E-state index contributed by atoms with van der Waals surface area (Å²) in [5, 5.41) is 13.7. The Labute approximate surface area is 170 Å². The summed E-state index contributed by atoms with van der Waals surface area (Å²) in [5.74, 6) is 1.22. The van der Waals surface area contributed by atoms with Crippen molar-refractivity contribution in [3.8, 4) is 0 Å². The number of amidine groups is 1. The van der Waals surface area contributed by atoms with E-state index in [0.29, 0.717) is 22.7 Å². The fourth-order valence-electron chi connectivity index (χ4n) is 3.58. The van der Waals surface area contributed by atoms with E-state index in [9.17, 15) is 4.79 Å². The average Bonchev–Trinajstić information content (AvgIpc) is 2.71. The number of aromatic nitrogens is 2. The number of nitrogens with one attached hydrogen (secondary N) is 1. The molecular formula is C22H28N4O3. The number of anilines is 1. The monoisotopic (exact) mass is 396 g/mol. The Morgan fingerprint density at radius 1 is 1.52 bits per heavy atom. The summed E-state index contributed by atoms with van der Waals surface area (Å²) in [5.41, 5.74) is 1.57. The van der Waals surface area contributed by atoms with Gasteiger partial charge in [-0.15, -0.1) is 0 Å². The van der Waals surface area contributed by atoms with E-state index in [4.69, 9.17) is 9.84 Å². The molecule has 2 N–H and O–H groups in total. The molecule has 1 unspecified atom stereocenters. The van der Waals surface area contributed by atoms with Gasteiger partial charge in [-0.2, -0.15) is 0 Å². The first kappa shape index (κ1) is 21.0. The summed E-state index contributed by atoms with van der Waals surface area (Å²) >= 11 is 0. The lowest BCUT2D eigenvalue weighted by Gasteiger charge is -2.23. The smallest absolute Gasteiger partial charge is 0.260 e. The maximum atomic E-state index is 12.6. The highest BCUT2D eigenvalue weighted by Crippen LogP contribution is 2.21. The summed E-state index contributed by atoms with van der Waals surface area (Å²) in [6.45, 7) is 8.50. The minimum Gasteiger partial charge on any atom is -0.395 e. The quantitative estimate of drug-likeness (QED) is 0.578. The summed E-state index contributed by atoms with van der Waals surface area (Å²) in [7, 11) is 0. The number of hydrogen-bond donors (Lipinski definition) is 2. The lowest BCUT2D eigenvalue weighted by atomic mass is 10.0. The summed E-state index contributed by atoms with van der Waals surface area (Å²) < 4.78 is 7.33. The van der Waals surface area contributed by atoms with Crippen molar-refractivity contribution in [2.75, 3.05) is 18.5 Å². The van der Waals surface area contributed by atoms with Crippen LogP contribution < -0.4 is 10.9 Å². The van der Waals surface area contributed by atoms with Crippen LogP contribution in [0.2, 0.25) is 0 Å². The molecule has 0 radical (unpaired) electrons. The van der Waals surface area contributed by atoms with Crippen molar-refractivity contribution in [2.45, 2.75) is 45.8 Å². The number of pyridine rings is 2. The van der Waals surface area contributed by atoms with Crippen LogP contribution in [0.3, 0.4) is 0 Å². The molecule has 0 spiro atoms. The molecule has 7 heteroatoms. The highest BCUT2D eigenvalue weighted by atomic mass is 16.5. The van der Waals surface area contributed by atoms with E-state index < -0.39 is 0 Å². The third-order valence-electron chi connectivity index (χ3n) is 5.02. The third-order valence-corrected chi connectivity index (χ3v) is 5.02. The van der Waals surface area contributed by atoms with E-state index in [1.807, 2.05) is 25.1 Å². The van der Waals surface area contributed by atoms with E-state index in [2.05, 4.69) is 21.9 Å². The van der Waals surface area contributed by atoms with Crippen LogP contribution in [0.25, 0.3) is 10.8 Å². The number of nitrogens with zero attached hydrogens (tertiary/aromatic N) is 3. The predicted octanol–water partition coefficient (Wildman–Crippen LogP) is 3.17. The molecule has 0 aliphatic carbocycles. The number of fused-ring (bicyclic) bond motifs is 1. The molecule has 29 heavy (non-hydrogen) atoms. The topological polar surface area (TPSA) is 88.7 Å². The minimum atomic E-state index is -0.154. The van der Waals surface area contributed by atoms with Gasteiger partial charge in [0, 0.05) is 25.5 Å². The Morgan fingerprint density at radius 2 is 2.34 bits per heavy atom. The van der Waals surface area contributed by atoms with Crippen molar-refractivity contribution >= 4 is 22.4 Å². The van der Waals surface area contributed by atoms with E-state index in [-0.39, 0.29) is 24.8 Å². The predicted molar refractivity (Wildman–Crippen MR) is 116 cm³/mol. The molecule has 2 aromatic rings. The molecule has 1 aliphatic heterocycles. The van der Waals surface area contributed by atoms with Gasteiger partial charge < -0.3 is 19.7 Å². The Hall–Kier alpha value is -2.77. The Bertz CT molecular complexity index is 1000. The second-order valence-corrected chi connectivity index (χ2v) is 7.16. The standard InChI is InChI=1S/C22H28N4O3/c1-4-23-19(13-15(2)18-7-5-6-12-29-18)25-20-14-17-8-9-26(10-11-27)22(28)21(17)16(3)24-20/h4,8-9,13-14,18,27H,1,5-7,10-12H2,2-3H3,(H,23,24,25)/b15-13+. The molecule has 7 nitrogen and oxygen atoms in total. The van der Waals surface area contributed by atoms with Gasteiger partial charge in [-0.25, -0.2) is 9.98 Å². The van der Waals surface area contributed by atoms with Crippen molar-refractivity contribution in [3.05, 3.63) is 58.8 Å². The van der Waals surface area contributed by atoms with Gasteiger partial charge in [0.15, 0.2) is 0 Å². The summed E-state index contributed by atoms with van der Waals surface area (Å²) in [6.07, 6.45) is 8.52. The number of aliphatic hydroxyl groups excluding tert-OH is 1. The van der Waals surface area contributed by atoms with Crippen molar-refractivity contribution in [1.82, 2.24) is 9.55 Å². The summed E-state index contributed by atoms with van der Waals surface area (Å²) in [6, 6.07) is 3.68. The van der Waals surface area contributed by atoms with Crippen LogP contribution in [0.15, 0.2) is 52.5 Å². The molecule has 1 saturated heterocycles. The van der Waals surface area contributed by atoms with Gasteiger partial charge in [0.1, 0.15) is 11.7 Å². The fraction of sp³-hybridized carbons (Fsp3) is 0.409. The summed E-state index contributed by atoms with van der Waals surface area (Å²) in [4.78, 5) is 21.5. The lowest BCUT2D eigenvalue weighted by molar-refractivity contribution is 0.0394. The molecule has 1 fully saturated rings. The van der Waals surface area contributed by atoms with Crippen LogP contribution in [0.5, 0.6) is 0 Å². The van der Waals surface area contributed by atoms with Gasteiger partial charge in [-0.1, -0.05) is 6.58 Å². The molecular weight excluding hydrogens is 368 g/mol. The lowest BCUT2D eigenvalue weighted by Crippen LogP contribution is -2.23. The minimum absolute atomic E-state index is 0.0880. The Kier molecular flexibility index (Phi) is 6.95. The third kappa shape index (κ3) is 4.99. The number of aliphatic imine (C=N–C) groups is 1. The van der Waals surface area contributed by atoms with Gasteiger partial charge >= 0.3 is 0 Å². The second kappa shape index (κ2) is 9.62. The van der Waals surface area contributed by atoms with Gasteiger partial charge in [0.25, 0.3) is 5.56 Å². The van der Waals surface area contributed by atoms with E-state index >= 15 is 0 Å². The Morgan fingerprint density at radius 3 is 3.03 bits per heavy atom. The first-order chi connectivity index (χ1) is 14.0. The zero-order valence-electron chi connectivity index (χ0n) is 17.0. The van der Waals surface area contributed by atoms with Crippen LogP contribution in [0, 0.1) is 6.92 Å². The van der Waals surface area contributed by atoms with E-state index in [1.54, 1.807) is 13.1 Å². The SMILES string of the molecule is C=CN=C(/C=C(\C)C1CCCCO1)Nc1cc2ccn(CCO)c(=O)c2c(C)n1. The maximum absolute atomic E-state index is 12.6. The molecule has 1 atom stereocenters. The molecule has 154 valence electrons. The van der Waals surface area contributed by atoms with Crippen LogP contribution in [-0.2, 0) is 11.3 Å². The van der Waals surface area contributed by atoms with Crippen LogP contribution in [0.1, 0.15) is 31.9 Å². The van der Waals surface area contributed by atoms with Crippen LogP contribution >= 0.6 is 0 Å². The van der Waals surface area contributed by atoms with Crippen molar-refractivity contribution in [3.63, 3.8) is 0 Å².